The molecule has 0 radical (unpaired) electrons. The van der Waals surface area contributed by atoms with E-state index in [9.17, 15) is 4.79 Å². The van der Waals surface area contributed by atoms with Crippen LogP contribution in [0.2, 0.25) is 0 Å². The summed E-state index contributed by atoms with van der Waals surface area (Å²) in [5, 5.41) is 0. The van der Waals surface area contributed by atoms with Crippen LogP contribution in [0.1, 0.15) is 19.4 Å². The Kier molecular flexibility index (Phi) is 4.54. The van der Waals surface area contributed by atoms with Gasteiger partial charge in [0.2, 0.25) is 0 Å². The number of esters is 1. The van der Waals surface area contributed by atoms with Gasteiger partial charge >= 0.3 is 5.97 Å². The lowest BCUT2D eigenvalue weighted by Gasteiger charge is -2.24. The molecule has 1 aromatic rings. The molecule has 2 N–H and O–H groups in total. The number of hydrogen-bond donors (Lipinski definition) is 1. The SMILES string of the molecule is CCOC(=O)C(C)(N)c1cc(Br)ccc1OC. The van der Waals surface area contributed by atoms with Crippen LogP contribution in [0.15, 0.2) is 22.7 Å². The summed E-state index contributed by atoms with van der Waals surface area (Å²) in [6.45, 7) is 3.64. The minimum atomic E-state index is -1.23. The molecule has 94 valence electrons. The molecule has 0 aliphatic heterocycles. The molecule has 1 rings (SSSR count). The van der Waals surface area contributed by atoms with E-state index in [1.54, 1.807) is 26.0 Å². The summed E-state index contributed by atoms with van der Waals surface area (Å²) in [6.07, 6.45) is 0. The predicted molar refractivity (Wildman–Crippen MR) is 68.9 cm³/mol. The lowest BCUT2D eigenvalue weighted by molar-refractivity contribution is -0.149. The normalized spacial score (nSPS) is 13.9. The van der Waals surface area contributed by atoms with Crippen molar-refractivity contribution >= 4 is 21.9 Å². The Labute approximate surface area is 109 Å². The van der Waals surface area contributed by atoms with Gasteiger partial charge in [-0.2, -0.15) is 0 Å². The molecule has 0 bridgehead atoms. The van der Waals surface area contributed by atoms with E-state index in [1.807, 2.05) is 6.07 Å². The Hall–Kier alpha value is -1.07. The predicted octanol–water partition coefficient (Wildman–Crippen LogP) is 2.19. The highest BCUT2D eigenvalue weighted by Crippen LogP contribution is 2.31. The zero-order valence-corrected chi connectivity index (χ0v) is 11.7. The first-order valence-corrected chi connectivity index (χ1v) is 6.03. The maximum atomic E-state index is 11.8. The number of carbonyl (C=O) groups is 1. The van der Waals surface area contributed by atoms with Gasteiger partial charge in [-0.3, -0.25) is 0 Å². The molecule has 0 fully saturated rings. The van der Waals surface area contributed by atoms with E-state index in [4.69, 9.17) is 15.2 Å². The third-order valence-corrected chi connectivity index (χ3v) is 2.91. The number of nitrogens with two attached hydrogens (primary N) is 1. The third kappa shape index (κ3) is 2.98. The molecular formula is C12H16BrNO3. The quantitative estimate of drug-likeness (QED) is 0.866. The zero-order chi connectivity index (χ0) is 13.1. The van der Waals surface area contributed by atoms with Crippen LogP contribution in [-0.2, 0) is 15.1 Å². The topological polar surface area (TPSA) is 61.5 Å². The number of carbonyl (C=O) groups excluding carboxylic acids is 1. The van der Waals surface area contributed by atoms with E-state index in [1.165, 1.54) is 7.11 Å². The number of ether oxygens (including phenoxy) is 2. The summed E-state index contributed by atoms with van der Waals surface area (Å²) in [7, 11) is 1.54. The van der Waals surface area contributed by atoms with Crippen LogP contribution in [0.3, 0.4) is 0 Å². The van der Waals surface area contributed by atoms with Crippen LogP contribution in [0.25, 0.3) is 0 Å². The number of halogens is 1. The van der Waals surface area contributed by atoms with Crippen molar-refractivity contribution in [3.63, 3.8) is 0 Å². The monoisotopic (exact) mass is 301 g/mol. The average Bonchev–Trinajstić information content (AvgIpc) is 2.29. The Morgan fingerprint density at radius 1 is 1.53 bits per heavy atom. The molecule has 0 aliphatic rings. The molecule has 1 aromatic carbocycles. The van der Waals surface area contributed by atoms with Gasteiger partial charge in [0.05, 0.1) is 13.7 Å². The van der Waals surface area contributed by atoms with Crippen molar-refractivity contribution in [3.8, 4) is 5.75 Å². The molecule has 4 nitrogen and oxygen atoms in total. The highest BCUT2D eigenvalue weighted by atomic mass is 79.9. The van der Waals surface area contributed by atoms with Crippen molar-refractivity contribution < 1.29 is 14.3 Å². The van der Waals surface area contributed by atoms with Crippen molar-refractivity contribution in [2.24, 2.45) is 5.73 Å². The molecule has 0 aromatic heterocycles. The number of benzene rings is 1. The Balaban J connectivity index is 3.21. The molecule has 0 amide bonds. The largest absolute Gasteiger partial charge is 0.496 e. The summed E-state index contributed by atoms with van der Waals surface area (Å²) < 4.78 is 11.0. The second kappa shape index (κ2) is 5.51. The van der Waals surface area contributed by atoms with E-state index in [0.717, 1.165) is 4.47 Å². The van der Waals surface area contributed by atoms with Gasteiger partial charge < -0.3 is 15.2 Å². The average molecular weight is 302 g/mol. The summed E-state index contributed by atoms with van der Waals surface area (Å²) in [4.78, 5) is 11.8. The van der Waals surface area contributed by atoms with Crippen LogP contribution in [-0.4, -0.2) is 19.7 Å². The van der Waals surface area contributed by atoms with Crippen molar-refractivity contribution in [1.29, 1.82) is 0 Å². The van der Waals surface area contributed by atoms with Crippen molar-refractivity contribution in [1.82, 2.24) is 0 Å². The zero-order valence-electron chi connectivity index (χ0n) is 10.1. The van der Waals surface area contributed by atoms with Gasteiger partial charge in [-0.25, -0.2) is 4.79 Å². The Bertz CT molecular complexity index is 418. The molecule has 0 heterocycles. The molecular weight excluding hydrogens is 286 g/mol. The van der Waals surface area contributed by atoms with Crippen LogP contribution < -0.4 is 10.5 Å². The molecule has 5 heteroatoms. The van der Waals surface area contributed by atoms with Gasteiger partial charge in [0.1, 0.15) is 11.3 Å². The summed E-state index contributed by atoms with van der Waals surface area (Å²) in [5.41, 5.74) is 5.40. The second-order valence-electron chi connectivity index (χ2n) is 3.77. The maximum absolute atomic E-state index is 11.8. The van der Waals surface area contributed by atoms with Gasteiger partial charge in [-0.05, 0) is 32.0 Å². The maximum Gasteiger partial charge on any atom is 0.330 e. The number of rotatable bonds is 4. The minimum absolute atomic E-state index is 0.294. The first-order valence-electron chi connectivity index (χ1n) is 5.23. The van der Waals surface area contributed by atoms with Gasteiger partial charge in [0.15, 0.2) is 0 Å². The summed E-state index contributed by atoms with van der Waals surface area (Å²) in [6, 6.07) is 5.34. The molecule has 0 saturated carbocycles. The first kappa shape index (κ1) is 14.0. The van der Waals surface area contributed by atoms with E-state index in [2.05, 4.69) is 15.9 Å². The second-order valence-corrected chi connectivity index (χ2v) is 4.68. The standard InChI is InChI=1S/C12H16BrNO3/c1-4-17-11(15)12(2,14)9-7-8(13)5-6-10(9)16-3/h5-7H,4,14H2,1-3H3. The van der Waals surface area contributed by atoms with Crippen molar-refractivity contribution in [2.45, 2.75) is 19.4 Å². The fraction of sp³-hybridized carbons (Fsp3) is 0.417. The lowest BCUT2D eigenvalue weighted by atomic mass is 9.92. The van der Waals surface area contributed by atoms with Crippen molar-refractivity contribution in [2.75, 3.05) is 13.7 Å². The van der Waals surface area contributed by atoms with Crippen LogP contribution in [0, 0.1) is 0 Å². The minimum Gasteiger partial charge on any atom is -0.496 e. The highest BCUT2D eigenvalue weighted by molar-refractivity contribution is 9.10. The summed E-state index contributed by atoms with van der Waals surface area (Å²) >= 11 is 3.34. The molecule has 0 spiro atoms. The molecule has 0 aliphatic carbocycles. The summed E-state index contributed by atoms with van der Waals surface area (Å²) in [5.74, 6) is 0.0858. The van der Waals surface area contributed by atoms with E-state index >= 15 is 0 Å². The first-order chi connectivity index (χ1) is 7.93. The third-order valence-electron chi connectivity index (χ3n) is 2.42. The Morgan fingerprint density at radius 2 is 2.18 bits per heavy atom. The van der Waals surface area contributed by atoms with Gasteiger partial charge in [-0.15, -0.1) is 0 Å². The van der Waals surface area contributed by atoms with Gasteiger partial charge in [0.25, 0.3) is 0 Å². The van der Waals surface area contributed by atoms with Crippen LogP contribution in [0.5, 0.6) is 5.75 Å². The highest BCUT2D eigenvalue weighted by Gasteiger charge is 2.35. The fourth-order valence-electron chi connectivity index (χ4n) is 1.48. The van der Waals surface area contributed by atoms with Crippen LogP contribution >= 0.6 is 15.9 Å². The van der Waals surface area contributed by atoms with Gasteiger partial charge in [0, 0.05) is 10.0 Å². The van der Waals surface area contributed by atoms with E-state index in [0.29, 0.717) is 17.9 Å². The number of hydrogen-bond acceptors (Lipinski definition) is 4. The lowest BCUT2D eigenvalue weighted by Crippen LogP contribution is -2.43. The molecule has 17 heavy (non-hydrogen) atoms. The van der Waals surface area contributed by atoms with E-state index < -0.39 is 11.5 Å². The fourth-order valence-corrected chi connectivity index (χ4v) is 1.84. The van der Waals surface area contributed by atoms with E-state index in [-0.39, 0.29) is 0 Å². The molecule has 1 unspecified atom stereocenters. The van der Waals surface area contributed by atoms with Crippen LogP contribution in [0.4, 0.5) is 0 Å². The van der Waals surface area contributed by atoms with Crippen molar-refractivity contribution in [3.05, 3.63) is 28.2 Å². The smallest absolute Gasteiger partial charge is 0.330 e. The molecule has 1 atom stereocenters. The Morgan fingerprint density at radius 3 is 2.71 bits per heavy atom. The molecule has 0 saturated heterocycles. The van der Waals surface area contributed by atoms with Gasteiger partial charge in [-0.1, -0.05) is 15.9 Å². The number of methoxy groups -OCH3 is 1.